The van der Waals surface area contributed by atoms with E-state index in [4.69, 9.17) is 16.3 Å². The number of halogens is 1. The summed E-state index contributed by atoms with van der Waals surface area (Å²) in [5, 5.41) is 30.8. The normalized spacial score (nSPS) is 33.0. The Morgan fingerprint density at radius 1 is 1.48 bits per heavy atom. The maximum atomic E-state index is 10.5. The Kier molecular flexibility index (Phi) is 3.42. The molecular formula is C13H16ClN3O4. The molecule has 0 saturated carbocycles. The van der Waals surface area contributed by atoms with Gasteiger partial charge in [0.1, 0.15) is 34.9 Å². The molecule has 21 heavy (non-hydrogen) atoms. The van der Waals surface area contributed by atoms with E-state index in [9.17, 15) is 15.3 Å². The second-order valence-corrected chi connectivity index (χ2v) is 5.82. The molecule has 4 atom stereocenters. The van der Waals surface area contributed by atoms with Gasteiger partial charge < -0.3 is 24.6 Å². The van der Waals surface area contributed by atoms with Gasteiger partial charge in [0.2, 0.25) is 0 Å². The smallest absolute Gasteiger partial charge is 0.167 e. The predicted molar refractivity (Wildman–Crippen MR) is 74.9 cm³/mol. The molecule has 3 rings (SSSR count). The summed E-state index contributed by atoms with van der Waals surface area (Å²) < 4.78 is 7.20. The number of aliphatic hydroxyl groups excluding tert-OH is 2. The third kappa shape index (κ3) is 2.04. The molecule has 7 nitrogen and oxygen atoms in total. The van der Waals surface area contributed by atoms with Crippen LogP contribution >= 0.6 is 11.6 Å². The van der Waals surface area contributed by atoms with Crippen molar-refractivity contribution in [3.63, 3.8) is 0 Å². The van der Waals surface area contributed by atoms with Gasteiger partial charge in [0.05, 0.1) is 12.0 Å². The molecule has 2 aromatic rings. The molecule has 0 aromatic carbocycles. The van der Waals surface area contributed by atoms with Crippen LogP contribution in [0.2, 0.25) is 5.15 Å². The van der Waals surface area contributed by atoms with Crippen molar-refractivity contribution in [1.82, 2.24) is 14.5 Å². The number of aromatic nitrogens is 3. The molecule has 3 N–H and O–H groups in total. The first kappa shape index (κ1) is 14.7. The fourth-order valence-electron chi connectivity index (χ4n) is 2.79. The van der Waals surface area contributed by atoms with E-state index in [-0.39, 0.29) is 6.61 Å². The van der Waals surface area contributed by atoms with E-state index in [2.05, 4.69) is 9.97 Å². The largest absolute Gasteiger partial charge is 0.394 e. The molecule has 0 aliphatic carbocycles. The molecule has 2 aromatic heterocycles. The highest BCUT2D eigenvalue weighted by Gasteiger charge is 2.53. The molecule has 0 radical (unpaired) electrons. The number of ether oxygens (including phenoxy) is 1. The fourth-order valence-corrected chi connectivity index (χ4v) is 3.07. The van der Waals surface area contributed by atoms with E-state index in [1.807, 2.05) is 6.92 Å². The van der Waals surface area contributed by atoms with Crippen LogP contribution in [0.3, 0.4) is 0 Å². The van der Waals surface area contributed by atoms with Crippen molar-refractivity contribution < 1.29 is 20.1 Å². The van der Waals surface area contributed by atoms with Crippen molar-refractivity contribution in [3.05, 3.63) is 23.2 Å². The van der Waals surface area contributed by atoms with Crippen LogP contribution in [-0.2, 0) is 4.74 Å². The molecule has 0 amide bonds. The quantitative estimate of drug-likeness (QED) is 0.694. The van der Waals surface area contributed by atoms with Gasteiger partial charge in [0.15, 0.2) is 6.23 Å². The van der Waals surface area contributed by atoms with Gasteiger partial charge in [0.25, 0.3) is 0 Å². The summed E-state index contributed by atoms with van der Waals surface area (Å²) in [5.74, 6) is 0. The number of hydrogen-bond acceptors (Lipinski definition) is 6. The molecule has 1 saturated heterocycles. The number of aryl methyl sites for hydroxylation is 1. The molecule has 1 aliphatic rings. The van der Waals surface area contributed by atoms with E-state index in [0.29, 0.717) is 16.2 Å². The maximum Gasteiger partial charge on any atom is 0.167 e. The minimum Gasteiger partial charge on any atom is -0.394 e. The number of rotatable bonds is 2. The molecule has 3 heterocycles. The molecule has 0 bridgehead atoms. The summed E-state index contributed by atoms with van der Waals surface area (Å²) in [4.78, 5) is 8.12. The van der Waals surface area contributed by atoms with Crippen molar-refractivity contribution >= 4 is 22.6 Å². The van der Waals surface area contributed by atoms with Crippen LogP contribution in [0.25, 0.3) is 11.0 Å². The third-order valence-corrected chi connectivity index (χ3v) is 4.23. The molecular weight excluding hydrogens is 298 g/mol. The third-order valence-electron chi connectivity index (χ3n) is 3.94. The monoisotopic (exact) mass is 313 g/mol. The molecule has 0 unspecified atom stereocenters. The average Bonchev–Trinajstić information content (AvgIpc) is 2.87. The Bertz CT molecular complexity index is 687. The number of hydrogen-bond donors (Lipinski definition) is 3. The van der Waals surface area contributed by atoms with E-state index < -0.39 is 24.0 Å². The predicted octanol–water partition coefficient (Wildman–Crippen LogP) is 0.395. The molecule has 0 spiro atoms. The Labute approximate surface area is 125 Å². The lowest BCUT2D eigenvalue weighted by atomic mass is 9.96. The number of fused-ring (bicyclic) bond motifs is 1. The highest BCUT2D eigenvalue weighted by molar-refractivity contribution is 6.34. The Hall–Kier alpha value is -1.25. The summed E-state index contributed by atoms with van der Waals surface area (Å²) in [6, 6.07) is 0. The molecule has 8 heteroatoms. The van der Waals surface area contributed by atoms with Gasteiger partial charge in [-0.1, -0.05) is 11.6 Å². The lowest BCUT2D eigenvalue weighted by molar-refractivity contribution is -0.0948. The van der Waals surface area contributed by atoms with Gasteiger partial charge in [-0.2, -0.15) is 0 Å². The van der Waals surface area contributed by atoms with Crippen molar-refractivity contribution in [2.75, 3.05) is 6.61 Å². The van der Waals surface area contributed by atoms with Gasteiger partial charge in [-0.25, -0.2) is 9.97 Å². The fraction of sp³-hybridized carbons (Fsp3) is 0.538. The zero-order chi connectivity index (χ0) is 15.4. The summed E-state index contributed by atoms with van der Waals surface area (Å²) >= 11 is 6.08. The van der Waals surface area contributed by atoms with Gasteiger partial charge in [-0.05, 0) is 19.4 Å². The highest BCUT2D eigenvalue weighted by Crippen LogP contribution is 2.40. The number of nitrogens with zero attached hydrogens (tertiary/aromatic N) is 3. The molecule has 114 valence electrons. The Morgan fingerprint density at radius 2 is 2.19 bits per heavy atom. The van der Waals surface area contributed by atoms with E-state index >= 15 is 0 Å². The van der Waals surface area contributed by atoms with E-state index in [1.54, 1.807) is 10.8 Å². The highest BCUT2D eigenvalue weighted by atomic mass is 35.5. The minimum atomic E-state index is -1.57. The van der Waals surface area contributed by atoms with Crippen LogP contribution in [0.4, 0.5) is 0 Å². The zero-order valence-electron chi connectivity index (χ0n) is 11.6. The molecule has 1 aliphatic heterocycles. The van der Waals surface area contributed by atoms with Crippen LogP contribution in [0, 0.1) is 6.92 Å². The lowest BCUT2D eigenvalue weighted by Crippen LogP contribution is -2.44. The Balaban J connectivity index is 2.15. The topological polar surface area (TPSA) is 101 Å². The minimum absolute atomic E-state index is 0.313. The molecule has 1 fully saturated rings. The van der Waals surface area contributed by atoms with Crippen molar-refractivity contribution in [2.24, 2.45) is 0 Å². The van der Waals surface area contributed by atoms with Gasteiger partial charge >= 0.3 is 0 Å². The van der Waals surface area contributed by atoms with Crippen molar-refractivity contribution in [2.45, 2.75) is 37.9 Å². The lowest BCUT2D eigenvalue weighted by Gasteiger charge is -2.27. The first-order valence-electron chi connectivity index (χ1n) is 6.52. The SMILES string of the molecule is Cc1cn([C@@H]2O[C@H](CO)[C@@H](O)[C@@]2(C)O)c2ncnc(Cl)c12. The van der Waals surface area contributed by atoms with Gasteiger partial charge in [0, 0.05) is 6.20 Å². The van der Waals surface area contributed by atoms with Crippen molar-refractivity contribution in [3.8, 4) is 0 Å². The second-order valence-electron chi connectivity index (χ2n) is 5.46. The van der Waals surface area contributed by atoms with Crippen molar-refractivity contribution in [1.29, 1.82) is 0 Å². The van der Waals surface area contributed by atoms with Crippen LogP contribution in [0.1, 0.15) is 18.7 Å². The second kappa shape index (κ2) is 4.89. The summed E-state index contributed by atoms with van der Waals surface area (Å²) in [6.45, 7) is 2.92. The van der Waals surface area contributed by atoms with Gasteiger partial charge in [-0.15, -0.1) is 0 Å². The first-order chi connectivity index (χ1) is 9.87. The van der Waals surface area contributed by atoms with Crippen LogP contribution < -0.4 is 0 Å². The maximum absolute atomic E-state index is 10.5. The first-order valence-corrected chi connectivity index (χ1v) is 6.90. The van der Waals surface area contributed by atoms with Crippen LogP contribution in [0.5, 0.6) is 0 Å². The summed E-state index contributed by atoms with van der Waals surface area (Å²) in [5.41, 5.74) is -0.232. The van der Waals surface area contributed by atoms with E-state index in [1.165, 1.54) is 13.3 Å². The number of aliphatic hydroxyl groups is 3. The standard InChI is InChI=1S/C13H16ClN3O4/c1-6-3-17(11-8(6)10(14)15-5-16-11)12-13(2,20)9(19)7(4-18)21-12/h3,5,7,9,12,18-20H,4H2,1-2H3/t7-,9-,12-,13-/m1/s1. The van der Waals surface area contributed by atoms with Crippen LogP contribution in [0.15, 0.2) is 12.5 Å². The Morgan fingerprint density at radius 3 is 2.81 bits per heavy atom. The van der Waals surface area contributed by atoms with E-state index in [0.717, 1.165) is 5.56 Å². The average molecular weight is 314 g/mol. The summed E-state index contributed by atoms with van der Waals surface area (Å²) in [6.07, 6.45) is 0.107. The summed E-state index contributed by atoms with van der Waals surface area (Å²) in [7, 11) is 0. The van der Waals surface area contributed by atoms with Crippen LogP contribution in [-0.4, -0.2) is 54.3 Å². The van der Waals surface area contributed by atoms with Gasteiger partial charge in [-0.3, -0.25) is 0 Å². The zero-order valence-corrected chi connectivity index (χ0v) is 12.3.